The molecule has 0 heterocycles. The standard InChI is InChI=1S/C23H25F5O2/c1-2-3-15-4-6-16(7-5-15)17-8-10-18(11-9-17)23(27,28)30-19-12-13-21(20(24)14-19)29-22(25)26/h8-16,22H,2-7H2,1H3/t15-,16-. The number of alkyl halides is 4. The first kappa shape index (κ1) is 22.4. The van der Waals surface area contributed by atoms with E-state index in [1.54, 1.807) is 12.1 Å². The maximum Gasteiger partial charge on any atom is 0.426 e. The highest BCUT2D eigenvalue weighted by molar-refractivity contribution is 5.34. The number of rotatable bonds is 8. The van der Waals surface area contributed by atoms with Crippen LogP contribution < -0.4 is 9.47 Å². The van der Waals surface area contributed by atoms with E-state index in [1.807, 2.05) is 0 Å². The molecule has 3 rings (SSSR count). The van der Waals surface area contributed by atoms with Crippen molar-refractivity contribution < 1.29 is 31.4 Å². The lowest BCUT2D eigenvalue weighted by Gasteiger charge is -2.29. The summed E-state index contributed by atoms with van der Waals surface area (Å²) in [6, 6.07) is 8.39. The quantitative estimate of drug-likeness (QED) is 0.403. The van der Waals surface area contributed by atoms with Gasteiger partial charge in [0.25, 0.3) is 0 Å². The van der Waals surface area contributed by atoms with Crippen molar-refractivity contribution in [2.45, 2.75) is 64.1 Å². The van der Waals surface area contributed by atoms with Crippen molar-refractivity contribution in [1.29, 1.82) is 0 Å². The van der Waals surface area contributed by atoms with E-state index in [2.05, 4.69) is 16.4 Å². The smallest absolute Gasteiger partial charge is 0.426 e. The molecular formula is C23H25F5O2. The van der Waals surface area contributed by atoms with Gasteiger partial charge in [-0.25, -0.2) is 4.39 Å². The van der Waals surface area contributed by atoms with E-state index in [4.69, 9.17) is 0 Å². The lowest BCUT2D eigenvalue weighted by atomic mass is 9.77. The third kappa shape index (κ3) is 5.64. The van der Waals surface area contributed by atoms with Gasteiger partial charge in [-0.15, -0.1) is 0 Å². The fraction of sp³-hybridized carbons (Fsp3) is 0.478. The number of halogens is 5. The summed E-state index contributed by atoms with van der Waals surface area (Å²) < 4.78 is 75.7. The van der Waals surface area contributed by atoms with Crippen molar-refractivity contribution in [2.24, 2.45) is 5.92 Å². The Morgan fingerprint density at radius 2 is 1.67 bits per heavy atom. The van der Waals surface area contributed by atoms with Gasteiger partial charge in [0.15, 0.2) is 11.6 Å². The monoisotopic (exact) mass is 428 g/mol. The van der Waals surface area contributed by atoms with Crippen molar-refractivity contribution in [2.75, 3.05) is 0 Å². The Morgan fingerprint density at radius 1 is 1.00 bits per heavy atom. The molecule has 0 N–H and O–H groups in total. The summed E-state index contributed by atoms with van der Waals surface area (Å²) in [5, 5.41) is 0. The molecule has 164 valence electrons. The molecule has 2 aromatic carbocycles. The lowest BCUT2D eigenvalue weighted by molar-refractivity contribution is -0.185. The molecular weight excluding hydrogens is 403 g/mol. The van der Waals surface area contributed by atoms with Crippen LogP contribution in [-0.4, -0.2) is 6.61 Å². The topological polar surface area (TPSA) is 18.5 Å². The number of hydrogen-bond acceptors (Lipinski definition) is 2. The highest BCUT2D eigenvalue weighted by Crippen LogP contribution is 2.39. The molecule has 1 saturated carbocycles. The normalized spacial score (nSPS) is 19.7. The zero-order valence-electron chi connectivity index (χ0n) is 16.7. The van der Waals surface area contributed by atoms with Crippen LogP contribution in [0.25, 0.3) is 0 Å². The van der Waals surface area contributed by atoms with Crippen LogP contribution in [0.5, 0.6) is 11.5 Å². The van der Waals surface area contributed by atoms with Crippen molar-refractivity contribution in [3.8, 4) is 11.5 Å². The van der Waals surface area contributed by atoms with E-state index < -0.39 is 30.0 Å². The maximum atomic E-state index is 14.5. The minimum atomic E-state index is -3.70. The molecule has 30 heavy (non-hydrogen) atoms. The van der Waals surface area contributed by atoms with Crippen LogP contribution in [0.3, 0.4) is 0 Å². The second-order valence-electron chi connectivity index (χ2n) is 7.72. The second kappa shape index (κ2) is 9.67. The molecule has 0 atom stereocenters. The lowest BCUT2D eigenvalue weighted by Crippen LogP contribution is -2.22. The Labute approximate surface area is 173 Å². The van der Waals surface area contributed by atoms with Crippen LogP contribution in [0.15, 0.2) is 42.5 Å². The van der Waals surface area contributed by atoms with Gasteiger partial charge < -0.3 is 9.47 Å². The molecule has 7 heteroatoms. The average Bonchev–Trinajstić information content (AvgIpc) is 2.70. The van der Waals surface area contributed by atoms with E-state index in [0.29, 0.717) is 12.0 Å². The molecule has 2 aromatic rings. The molecule has 0 aliphatic heterocycles. The Balaban J connectivity index is 1.64. The third-order valence-corrected chi connectivity index (χ3v) is 5.63. The number of hydrogen-bond donors (Lipinski definition) is 0. The van der Waals surface area contributed by atoms with E-state index in [0.717, 1.165) is 49.3 Å². The zero-order valence-corrected chi connectivity index (χ0v) is 16.7. The Bertz CT molecular complexity index is 815. The zero-order chi connectivity index (χ0) is 21.7. The molecule has 0 spiro atoms. The summed E-state index contributed by atoms with van der Waals surface area (Å²) in [5.74, 6) is -1.30. The summed E-state index contributed by atoms with van der Waals surface area (Å²) in [5.41, 5.74) is 0.670. The van der Waals surface area contributed by atoms with Gasteiger partial charge in [0.1, 0.15) is 5.75 Å². The van der Waals surface area contributed by atoms with Gasteiger partial charge in [-0.1, -0.05) is 31.9 Å². The highest BCUT2D eigenvalue weighted by atomic mass is 19.3. The van der Waals surface area contributed by atoms with Gasteiger partial charge in [0.2, 0.25) is 0 Å². The second-order valence-corrected chi connectivity index (χ2v) is 7.72. The van der Waals surface area contributed by atoms with E-state index >= 15 is 0 Å². The Kier molecular flexibility index (Phi) is 7.21. The van der Waals surface area contributed by atoms with Crippen LogP contribution in [0.2, 0.25) is 0 Å². The van der Waals surface area contributed by atoms with Crippen molar-refractivity contribution >= 4 is 0 Å². The van der Waals surface area contributed by atoms with Crippen LogP contribution in [0.4, 0.5) is 22.0 Å². The summed E-state index contributed by atoms with van der Waals surface area (Å²) in [6.45, 7) is -1.03. The average molecular weight is 428 g/mol. The van der Waals surface area contributed by atoms with Gasteiger partial charge in [-0.05, 0) is 67.3 Å². The first-order valence-corrected chi connectivity index (χ1v) is 10.2. The number of benzene rings is 2. The first-order valence-electron chi connectivity index (χ1n) is 10.2. The van der Waals surface area contributed by atoms with Gasteiger partial charge in [-0.3, -0.25) is 0 Å². The maximum absolute atomic E-state index is 14.5. The molecule has 0 amide bonds. The molecule has 0 unspecified atom stereocenters. The third-order valence-electron chi connectivity index (χ3n) is 5.63. The summed E-state index contributed by atoms with van der Waals surface area (Å²) in [4.78, 5) is 0. The van der Waals surface area contributed by atoms with Crippen molar-refractivity contribution in [3.05, 3.63) is 59.4 Å². The van der Waals surface area contributed by atoms with E-state index in [9.17, 15) is 22.0 Å². The predicted molar refractivity (Wildman–Crippen MR) is 104 cm³/mol. The fourth-order valence-corrected chi connectivity index (χ4v) is 4.09. The van der Waals surface area contributed by atoms with E-state index in [1.165, 1.54) is 25.0 Å². The number of ether oxygens (including phenoxy) is 2. The molecule has 0 radical (unpaired) electrons. The highest BCUT2D eigenvalue weighted by Gasteiger charge is 2.35. The van der Waals surface area contributed by atoms with Crippen LogP contribution in [0, 0.1) is 11.7 Å². The van der Waals surface area contributed by atoms with Gasteiger partial charge in [0, 0.05) is 6.07 Å². The van der Waals surface area contributed by atoms with Crippen LogP contribution >= 0.6 is 0 Å². The van der Waals surface area contributed by atoms with Crippen molar-refractivity contribution in [3.63, 3.8) is 0 Å². The van der Waals surface area contributed by atoms with Gasteiger partial charge >= 0.3 is 12.7 Å². The van der Waals surface area contributed by atoms with Crippen molar-refractivity contribution in [1.82, 2.24) is 0 Å². The largest absolute Gasteiger partial charge is 0.432 e. The molecule has 0 bridgehead atoms. The minimum absolute atomic E-state index is 0.362. The summed E-state index contributed by atoms with van der Waals surface area (Å²) in [7, 11) is 0. The Hall–Kier alpha value is -2.31. The van der Waals surface area contributed by atoms with E-state index in [-0.39, 0.29) is 5.56 Å². The molecule has 1 fully saturated rings. The predicted octanol–water partition coefficient (Wildman–Crippen LogP) is 7.63. The SMILES string of the molecule is CCC[C@H]1CC[C@H](c2ccc(C(F)(F)Oc3ccc(OC(F)F)c(F)c3)cc2)CC1. The van der Waals surface area contributed by atoms with Gasteiger partial charge in [0.05, 0.1) is 5.56 Å². The molecule has 2 nitrogen and oxygen atoms in total. The summed E-state index contributed by atoms with van der Waals surface area (Å²) in [6.07, 6.45) is 3.17. The molecule has 1 aliphatic carbocycles. The molecule has 0 saturated heterocycles. The molecule has 0 aromatic heterocycles. The van der Waals surface area contributed by atoms with Crippen LogP contribution in [0.1, 0.15) is 62.5 Å². The molecule has 1 aliphatic rings. The first-order chi connectivity index (χ1) is 14.3. The van der Waals surface area contributed by atoms with Crippen LogP contribution in [-0.2, 0) is 6.11 Å². The van der Waals surface area contributed by atoms with Gasteiger partial charge in [-0.2, -0.15) is 17.6 Å². The Morgan fingerprint density at radius 3 is 2.23 bits per heavy atom. The summed E-state index contributed by atoms with van der Waals surface area (Å²) >= 11 is 0. The minimum Gasteiger partial charge on any atom is -0.432 e. The fourth-order valence-electron chi connectivity index (χ4n) is 4.09.